The van der Waals surface area contributed by atoms with Crippen LogP contribution >= 0.6 is 23.4 Å². The Hall–Kier alpha value is -3.17. The van der Waals surface area contributed by atoms with Crippen LogP contribution in [0, 0.1) is 5.92 Å². The Balaban J connectivity index is 1.11. The Kier molecular flexibility index (Phi) is 6.64. The van der Waals surface area contributed by atoms with Crippen LogP contribution in [0.2, 0.25) is 5.02 Å². The third kappa shape index (κ3) is 5.00. The van der Waals surface area contributed by atoms with E-state index in [1.54, 1.807) is 24.4 Å². The van der Waals surface area contributed by atoms with Crippen LogP contribution in [0.15, 0.2) is 60.0 Å². The van der Waals surface area contributed by atoms with E-state index in [1.165, 1.54) is 11.8 Å². The average Bonchev–Trinajstić information content (AvgIpc) is 3.52. The number of imidazole rings is 1. The molecule has 0 bridgehead atoms. The van der Waals surface area contributed by atoms with Gasteiger partial charge in [0.2, 0.25) is 18.6 Å². The minimum atomic E-state index is -0.135. The molecule has 0 atom stereocenters. The van der Waals surface area contributed by atoms with E-state index < -0.39 is 0 Å². The van der Waals surface area contributed by atoms with Crippen LogP contribution in [0.5, 0.6) is 11.5 Å². The number of carbonyl (C=O) groups is 2. The van der Waals surface area contributed by atoms with Crippen LogP contribution in [0.4, 0.5) is 5.69 Å². The molecule has 2 amide bonds. The normalized spacial score (nSPS) is 15.4. The van der Waals surface area contributed by atoms with Crippen molar-refractivity contribution in [3.05, 3.63) is 59.9 Å². The van der Waals surface area contributed by atoms with Crippen LogP contribution in [0.1, 0.15) is 12.8 Å². The lowest BCUT2D eigenvalue weighted by Gasteiger charge is -2.31. The maximum absolute atomic E-state index is 12.8. The van der Waals surface area contributed by atoms with Gasteiger partial charge in [-0.05, 0) is 43.2 Å². The zero-order chi connectivity index (χ0) is 23.5. The smallest absolute Gasteiger partial charge is 0.233 e. The summed E-state index contributed by atoms with van der Waals surface area (Å²) in [5.41, 5.74) is 1.58. The van der Waals surface area contributed by atoms with Crippen molar-refractivity contribution in [1.29, 1.82) is 0 Å². The second kappa shape index (κ2) is 9.99. The summed E-state index contributed by atoms with van der Waals surface area (Å²) in [5, 5.41) is 4.32. The number of aromatic nitrogens is 2. The molecule has 1 aromatic heterocycles. The zero-order valence-corrected chi connectivity index (χ0v) is 19.8. The first-order chi connectivity index (χ1) is 16.6. The summed E-state index contributed by atoms with van der Waals surface area (Å²) in [7, 11) is 0. The van der Waals surface area contributed by atoms with Crippen molar-refractivity contribution in [1.82, 2.24) is 14.5 Å². The Labute approximate surface area is 206 Å². The molecule has 5 rings (SSSR count). The number of rotatable bonds is 6. The molecule has 1 saturated heterocycles. The van der Waals surface area contributed by atoms with Crippen LogP contribution in [0.25, 0.3) is 5.69 Å². The first-order valence-electron chi connectivity index (χ1n) is 11.0. The summed E-state index contributed by atoms with van der Waals surface area (Å²) in [6, 6.07) is 12.8. The third-order valence-corrected chi connectivity index (χ3v) is 7.06. The van der Waals surface area contributed by atoms with E-state index >= 15 is 0 Å². The van der Waals surface area contributed by atoms with Crippen molar-refractivity contribution < 1.29 is 19.1 Å². The SMILES string of the molecule is O=C(Nc1ccc2c(c1)OCO2)C1CCN(C(=O)CSc2nccn2-c2cccc(Cl)c2)CC1. The van der Waals surface area contributed by atoms with Crippen molar-refractivity contribution in [3.8, 4) is 17.2 Å². The van der Waals surface area contributed by atoms with Crippen LogP contribution in [-0.4, -0.2) is 51.9 Å². The fourth-order valence-electron chi connectivity index (χ4n) is 4.05. The molecular weight excluding hydrogens is 476 g/mol. The molecule has 1 fully saturated rings. The van der Waals surface area contributed by atoms with Gasteiger partial charge in [0.1, 0.15) is 0 Å². The van der Waals surface area contributed by atoms with Gasteiger partial charge >= 0.3 is 0 Å². The van der Waals surface area contributed by atoms with E-state index in [0.717, 1.165) is 10.8 Å². The maximum atomic E-state index is 12.8. The van der Waals surface area contributed by atoms with E-state index in [9.17, 15) is 9.59 Å². The van der Waals surface area contributed by atoms with Crippen LogP contribution in [-0.2, 0) is 9.59 Å². The van der Waals surface area contributed by atoms with Crippen molar-refractivity contribution in [2.75, 3.05) is 31.0 Å². The van der Waals surface area contributed by atoms with E-state index in [4.69, 9.17) is 21.1 Å². The number of halogens is 1. The molecule has 0 saturated carbocycles. The van der Waals surface area contributed by atoms with Crippen molar-refractivity contribution in [2.24, 2.45) is 5.92 Å². The van der Waals surface area contributed by atoms with Gasteiger partial charge in [-0.3, -0.25) is 14.2 Å². The van der Waals surface area contributed by atoms with E-state index in [1.807, 2.05) is 39.9 Å². The van der Waals surface area contributed by atoms with Crippen molar-refractivity contribution in [2.45, 2.75) is 18.0 Å². The number of anilines is 1. The lowest BCUT2D eigenvalue weighted by Crippen LogP contribution is -2.42. The molecule has 34 heavy (non-hydrogen) atoms. The summed E-state index contributed by atoms with van der Waals surface area (Å²) in [6.07, 6.45) is 4.81. The number of amides is 2. The highest BCUT2D eigenvalue weighted by Crippen LogP contribution is 2.34. The standard InChI is InChI=1S/C24H23ClN4O4S/c25-17-2-1-3-19(12-17)29-11-8-26-24(29)34-14-22(30)28-9-6-16(7-10-28)23(31)27-18-4-5-20-21(13-18)33-15-32-20/h1-5,8,11-13,16H,6-7,9-10,14-15H2,(H,27,31). The number of thioether (sulfide) groups is 1. The highest BCUT2D eigenvalue weighted by Gasteiger charge is 2.28. The number of nitrogens with one attached hydrogen (secondary N) is 1. The van der Waals surface area contributed by atoms with Gasteiger partial charge in [-0.15, -0.1) is 0 Å². The number of nitrogens with zero attached hydrogens (tertiary/aromatic N) is 3. The quantitative estimate of drug-likeness (QED) is 0.512. The molecule has 10 heteroatoms. The van der Waals surface area contributed by atoms with Gasteiger partial charge in [-0.25, -0.2) is 4.98 Å². The molecule has 8 nitrogen and oxygen atoms in total. The molecule has 3 heterocycles. The predicted octanol–water partition coefficient (Wildman–Crippen LogP) is 4.22. The molecule has 2 aliphatic heterocycles. The van der Waals surface area contributed by atoms with Gasteiger partial charge in [-0.2, -0.15) is 0 Å². The number of hydrogen-bond acceptors (Lipinski definition) is 6. The number of fused-ring (bicyclic) bond motifs is 1. The monoisotopic (exact) mass is 498 g/mol. The van der Waals surface area contributed by atoms with Gasteiger partial charge in [-0.1, -0.05) is 29.4 Å². The van der Waals surface area contributed by atoms with Gasteiger partial charge in [0.05, 0.1) is 5.75 Å². The Morgan fingerprint density at radius 2 is 1.94 bits per heavy atom. The number of carbonyl (C=O) groups excluding carboxylic acids is 2. The zero-order valence-electron chi connectivity index (χ0n) is 18.3. The number of likely N-dealkylation sites (tertiary alicyclic amines) is 1. The second-order valence-corrected chi connectivity index (χ2v) is 9.44. The summed E-state index contributed by atoms with van der Waals surface area (Å²) in [5.74, 6) is 1.46. The van der Waals surface area contributed by atoms with Crippen molar-refractivity contribution in [3.63, 3.8) is 0 Å². The second-order valence-electron chi connectivity index (χ2n) is 8.06. The predicted molar refractivity (Wildman–Crippen MR) is 130 cm³/mol. The van der Waals surface area contributed by atoms with Gasteiger partial charge in [0.25, 0.3) is 0 Å². The molecule has 3 aromatic rings. The van der Waals surface area contributed by atoms with Crippen LogP contribution < -0.4 is 14.8 Å². The number of piperidine rings is 1. The fraction of sp³-hybridized carbons (Fsp3) is 0.292. The number of ether oxygens (including phenoxy) is 2. The minimum Gasteiger partial charge on any atom is -0.454 e. The van der Waals surface area contributed by atoms with E-state index in [-0.39, 0.29) is 30.3 Å². The van der Waals surface area contributed by atoms with Gasteiger partial charge < -0.3 is 19.7 Å². The number of hydrogen-bond donors (Lipinski definition) is 1. The Bertz CT molecular complexity index is 1210. The minimum absolute atomic E-state index is 0.0381. The van der Waals surface area contributed by atoms with Gasteiger partial charge in [0, 0.05) is 53.9 Å². The largest absolute Gasteiger partial charge is 0.454 e. The average molecular weight is 499 g/mol. The molecule has 0 radical (unpaired) electrons. The molecule has 1 N–H and O–H groups in total. The highest BCUT2D eigenvalue weighted by molar-refractivity contribution is 7.99. The molecule has 0 spiro atoms. The summed E-state index contributed by atoms with van der Waals surface area (Å²) < 4.78 is 12.6. The molecule has 0 unspecified atom stereocenters. The summed E-state index contributed by atoms with van der Waals surface area (Å²) in [6.45, 7) is 1.31. The molecule has 0 aliphatic carbocycles. The topological polar surface area (TPSA) is 85.7 Å². The van der Waals surface area contributed by atoms with E-state index in [2.05, 4.69) is 10.3 Å². The third-order valence-electron chi connectivity index (χ3n) is 5.88. The van der Waals surface area contributed by atoms with Crippen LogP contribution in [0.3, 0.4) is 0 Å². The van der Waals surface area contributed by atoms with Crippen molar-refractivity contribution >= 4 is 40.9 Å². The number of benzene rings is 2. The molecular formula is C24H23ClN4O4S. The lowest BCUT2D eigenvalue weighted by atomic mass is 9.96. The van der Waals surface area contributed by atoms with E-state index in [0.29, 0.717) is 48.1 Å². The molecule has 2 aliphatic rings. The Morgan fingerprint density at radius 1 is 1.12 bits per heavy atom. The fourth-order valence-corrected chi connectivity index (χ4v) is 5.11. The Morgan fingerprint density at radius 3 is 2.76 bits per heavy atom. The highest BCUT2D eigenvalue weighted by atomic mass is 35.5. The molecule has 176 valence electrons. The lowest BCUT2D eigenvalue weighted by molar-refractivity contribution is -0.132. The molecule has 2 aromatic carbocycles. The summed E-state index contributed by atoms with van der Waals surface area (Å²) >= 11 is 7.50. The first-order valence-corrected chi connectivity index (χ1v) is 12.3. The first kappa shape index (κ1) is 22.6. The summed E-state index contributed by atoms with van der Waals surface area (Å²) in [4.78, 5) is 31.7. The maximum Gasteiger partial charge on any atom is 0.233 e. The van der Waals surface area contributed by atoms with Gasteiger partial charge in [0.15, 0.2) is 16.7 Å².